The zero-order valence-electron chi connectivity index (χ0n) is 13.0. The van der Waals surface area contributed by atoms with Crippen molar-refractivity contribution in [1.29, 1.82) is 0 Å². The van der Waals surface area contributed by atoms with Gasteiger partial charge in [0.25, 0.3) is 0 Å². The fraction of sp³-hybridized carbons (Fsp3) is 0.364. The van der Waals surface area contributed by atoms with Crippen molar-refractivity contribution in [1.82, 2.24) is 0 Å². The largest absolute Gasteiger partial charge is 0.504 e. The quantitative estimate of drug-likeness (QED) is 0.439. The van der Waals surface area contributed by atoms with Crippen LogP contribution in [0.3, 0.4) is 0 Å². The number of nitrogens with two attached hydrogens (primary N) is 1. The first-order valence-corrected chi connectivity index (χ1v) is 4.73. The minimum Gasteiger partial charge on any atom is -0.504 e. The van der Waals surface area contributed by atoms with Gasteiger partial charge in [-0.1, -0.05) is 6.04 Å². The van der Waals surface area contributed by atoms with Gasteiger partial charge < -0.3 is 25.8 Å². The Morgan fingerprint density at radius 1 is 1.59 bits per heavy atom. The van der Waals surface area contributed by atoms with Gasteiger partial charge in [0.05, 0.1) is 12.1 Å². The van der Waals surface area contributed by atoms with Crippen molar-refractivity contribution in [3.63, 3.8) is 0 Å². The maximum atomic E-state index is 11.6. The van der Waals surface area contributed by atoms with Crippen molar-refractivity contribution in [3.8, 4) is 11.5 Å². The molecule has 1 aromatic carbocycles. The van der Waals surface area contributed by atoms with E-state index in [9.17, 15) is 20.1 Å². The number of ether oxygens (including phenoxy) is 1. The molecular weight excluding hydrogens is 226 g/mol. The van der Waals surface area contributed by atoms with Gasteiger partial charge in [0.15, 0.2) is 11.5 Å². The lowest BCUT2D eigenvalue weighted by Gasteiger charge is -2.17. The summed E-state index contributed by atoms with van der Waals surface area (Å²) in [7, 11) is 0. The third kappa shape index (κ3) is 3.08. The smallest absolute Gasteiger partial charge is 0.325 e. The molecule has 0 aliphatic heterocycles. The van der Waals surface area contributed by atoms with Crippen LogP contribution in [-0.4, -0.2) is 33.9 Å². The molecule has 0 aliphatic rings. The minimum atomic E-state index is -2.74. The number of benzene rings is 1. The molecule has 94 valence electrons. The second kappa shape index (κ2) is 5.51. The summed E-state index contributed by atoms with van der Waals surface area (Å²) in [6.45, 7) is 1.36. The number of aromatic hydroxyl groups is 2. The molecule has 2 atom stereocenters. The molecule has 6 heteroatoms. The molecular formula is C11H15NO5. The molecule has 6 nitrogen and oxygen atoms in total. The van der Waals surface area contributed by atoms with Gasteiger partial charge >= 0.3 is 5.97 Å². The first-order chi connectivity index (χ1) is 9.57. The molecule has 2 unspecified atom stereocenters. The third-order valence-electron chi connectivity index (χ3n) is 1.87. The van der Waals surface area contributed by atoms with Crippen LogP contribution in [-0.2, 0) is 9.53 Å². The van der Waals surface area contributed by atoms with E-state index >= 15 is 0 Å². The first kappa shape index (κ1) is 8.32. The van der Waals surface area contributed by atoms with Gasteiger partial charge in [-0.05, 0) is 24.6 Å². The SMILES string of the molecule is [2H]c1c([2H])c(C(O)C([2H])(N)C(=O)OCC)c([2H])c(O)c1O. The highest BCUT2D eigenvalue weighted by molar-refractivity contribution is 5.76. The predicted molar refractivity (Wildman–Crippen MR) is 59.3 cm³/mol. The lowest BCUT2D eigenvalue weighted by atomic mass is 10.0. The average molecular weight is 245 g/mol. The summed E-state index contributed by atoms with van der Waals surface area (Å²) in [5, 5.41) is 28.8. The van der Waals surface area contributed by atoms with Crippen LogP contribution < -0.4 is 5.73 Å². The summed E-state index contributed by atoms with van der Waals surface area (Å²) < 4.78 is 34.7. The summed E-state index contributed by atoms with van der Waals surface area (Å²) >= 11 is 0. The molecule has 0 saturated heterocycles. The molecule has 0 spiro atoms. The van der Waals surface area contributed by atoms with Crippen molar-refractivity contribution in [3.05, 3.63) is 23.7 Å². The highest BCUT2D eigenvalue weighted by atomic mass is 16.5. The Balaban J connectivity index is 3.44. The summed E-state index contributed by atoms with van der Waals surface area (Å²) in [6, 6.07) is -5.32. The zero-order valence-corrected chi connectivity index (χ0v) is 9.02. The van der Waals surface area contributed by atoms with E-state index in [0.29, 0.717) is 0 Å². The highest BCUT2D eigenvalue weighted by Gasteiger charge is 2.25. The second-order valence-corrected chi connectivity index (χ2v) is 3.06. The van der Waals surface area contributed by atoms with Gasteiger partial charge in [-0.3, -0.25) is 4.79 Å². The van der Waals surface area contributed by atoms with Crippen molar-refractivity contribution >= 4 is 5.97 Å². The second-order valence-electron chi connectivity index (χ2n) is 3.06. The van der Waals surface area contributed by atoms with Crippen LogP contribution in [0.5, 0.6) is 11.5 Å². The summed E-state index contributed by atoms with van der Waals surface area (Å²) in [5.74, 6) is -3.36. The number of hydrogen-bond donors (Lipinski definition) is 4. The van der Waals surface area contributed by atoms with Gasteiger partial charge in [-0.2, -0.15) is 0 Å². The fourth-order valence-corrected chi connectivity index (χ4v) is 1.02. The van der Waals surface area contributed by atoms with Crippen LogP contribution in [0.2, 0.25) is 0 Å². The summed E-state index contributed by atoms with van der Waals surface area (Å²) in [4.78, 5) is 11.6. The highest BCUT2D eigenvalue weighted by Crippen LogP contribution is 2.28. The number of esters is 1. The molecule has 0 bridgehead atoms. The number of aliphatic hydroxyl groups excluding tert-OH is 1. The number of carbonyl (C=O) groups excluding carboxylic acids is 1. The summed E-state index contributed by atoms with van der Waals surface area (Å²) in [6.07, 6.45) is -2.20. The van der Waals surface area contributed by atoms with Crippen LogP contribution in [0.25, 0.3) is 0 Å². The Morgan fingerprint density at radius 2 is 2.24 bits per heavy atom. The third-order valence-corrected chi connectivity index (χ3v) is 1.87. The average Bonchev–Trinajstić information content (AvgIpc) is 2.43. The first-order valence-electron chi connectivity index (χ1n) is 6.73. The van der Waals surface area contributed by atoms with E-state index in [2.05, 4.69) is 4.74 Å². The van der Waals surface area contributed by atoms with E-state index < -0.39 is 53.3 Å². The lowest BCUT2D eigenvalue weighted by Crippen LogP contribution is -2.38. The van der Waals surface area contributed by atoms with Crippen LogP contribution >= 0.6 is 0 Å². The normalized spacial score (nSPS) is 19.2. The molecule has 0 fully saturated rings. The van der Waals surface area contributed by atoms with Crippen molar-refractivity contribution in [2.24, 2.45) is 5.73 Å². The maximum Gasteiger partial charge on any atom is 0.325 e. The number of hydrogen-bond acceptors (Lipinski definition) is 6. The Labute approximate surface area is 104 Å². The molecule has 1 rings (SSSR count). The fourth-order valence-electron chi connectivity index (χ4n) is 1.02. The molecule has 0 heterocycles. The Hall–Kier alpha value is -1.79. The van der Waals surface area contributed by atoms with Crippen LogP contribution in [0, 0.1) is 0 Å². The molecule has 0 aromatic heterocycles. The van der Waals surface area contributed by atoms with Crippen molar-refractivity contribution < 1.29 is 30.3 Å². The van der Waals surface area contributed by atoms with Gasteiger partial charge in [0.2, 0.25) is 0 Å². The number of rotatable bonds is 4. The molecule has 5 N–H and O–H groups in total. The Morgan fingerprint density at radius 3 is 2.82 bits per heavy atom. The van der Waals surface area contributed by atoms with E-state index in [4.69, 9.17) is 11.2 Å². The molecule has 17 heavy (non-hydrogen) atoms. The number of aliphatic hydroxyl groups is 1. The standard InChI is InChI=1S/C11H15NO5/c1-2-17-11(16)9(12)10(15)6-3-4-7(13)8(14)5-6/h3-5,9-10,13-15H,2,12H2,1H3/i3D,4D,5D,9D. The zero-order chi connectivity index (χ0) is 16.5. The van der Waals surface area contributed by atoms with Crippen molar-refractivity contribution in [2.45, 2.75) is 19.0 Å². The van der Waals surface area contributed by atoms with Gasteiger partial charge in [-0.15, -0.1) is 0 Å². The monoisotopic (exact) mass is 245 g/mol. The van der Waals surface area contributed by atoms with Gasteiger partial charge in [0.1, 0.15) is 12.1 Å². The summed E-state index contributed by atoms with van der Waals surface area (Å²) in [5.41, 5.74) is 4.65. The van der Waals surface area contributed by atoms with E-state index in [1.807, 2.05) is 0 Å². The van der Waals surface area contributed by atoms with Crippen LogP contribution in [0.4, 0.5) is 0 Å². The number of carbonyl (C=O) groups is 1. The minimum absolute atomic E-state index is 0.102. The topological polar surface area (TPSA) is 113 Å². The van der Waals surface area contributed by atoms with E-state index in [1.54, 1.807) is 0 Å². The molecule has 0 aliphatic carbocycles. The Kier molecular flexibility index (Phi) is 2.70. The predicted octanol–water partition coefficient (Wildman–Crippen LogP) is 0.0216. The van der Waals surface area contributed by atoms with Gasteiger partial charge in [-0.25, -0.2) is 0 Å². The van der Waals surface area contributed by atoms with E-state index in [1.165, 1.54) is 6.92 Å². The number of phenols is 2. The van der Waals surface area contributed by atoms with Crippen LogP contribution in [0.1, 0.15) is 24.1 Å². The Bertz CT molecular complexity index is 549. The van der Waals surface area contributed by atoms with Crippen molar-refractivity contribution in [2.75, 3.05) is 6.61 Å². The van der Waals surface area contributed by atoms with E-state index in [0.717, 1.165) is 0 Å². The van der Waals surface area contributed by atoms with E-state index in [-0.39, 0.29) is 6.61 Å². The molecule has 0 saturated carbocycles. The van der Waals surface area contributed by atoms with Crippen LogP contribution in [0.15, 0.2) is 18.1 Å². The van der Waals surface area contributed by atoms with Gasteiger partial charge in [0, 0.05) is 0 Å². The number of phenolic OH excluding ortho intramolecular Hbond substituents is 2. The molecule has 0 radical (unpaired) electrons. The molecule has 1 aromatic rings. The molecule has 0 amide bonds. The lowest BCUT2D eigenvalue weighted by molar-refractivity contribution is -0.147. The maximum absolute atomic E-state index is 11.6.